The number of rotatable bonds is 3. The van der Waals surface area contributed by atoms with Crippen molar-refractivity contribution in [1.29, 1.82) is 0 Å². The van der Waals surface area contributed by atoms with Gasteiger partial charge >= 0.3 is 5.97 Å². The summed E-state index contributed by atoms with van der Waals surface area (Å²) in [5.41, 5.74) is 2.58. The van der Waals surface area contributed by atoms with E-state index in [2.05, 4.69) is 11.9 Å². The van der Waals surface area contributed by atoms with Gasteiger partial charge in [0.1, 0.15) is 0 Å². The first kappa shape index (κ1) is 13.9. The predicted octanol–water partition coefficient (Wildman–Crippen LogP) is 2.70. The number of hydrogen-bond acceptors (Lipinski definition) is 3. The number of cyclic esters (lactones) is 1. The smallest absolute Gasteiger partial charge is 0.313 e. The fraction of sp³-hybridized carbons (Fsp3) is 0.412. The first-order valence-electron chi connectivity index (χ1n) is 7.20. The van der Waals surface area contributed by atoms with E-state index in [-0.39, 0.29) is 17.8 Å². The number of allylic oxidation sites excluding steroid dienone is 1. The van der Waals surface area contributed by atoms with Crippen molar-refractivity contribution in [3.05, 3.63) is 42.0 Å². The number of carbonyl (C=O) groups is 2. The van der Waals surface area contributed by atoms with Gasteiger partial charge in [0.25, 0.3) is 0 Å². The topological polar surface area (TPSA) is 55.4 Å². The Labute approximate surface area is 124 Å². The van der Waals surface area contributed by atoms with Crippen molar-refractivity contribution in [2.45, 2.75) is 26.2 Å². The Balaban J connectivity index is 1.80. The monoisotopic (exact) mass is 285 g/mol. The molecule has 1 N–H and O–H groups in total. The highest BCUT2D eigenvalue weighted by Crippen LogP contribution is 2.52. The van der Waals surface area contributed by atoms with Crippen LogP contribution in [0.1, 0.15) is 25.3 Å². The van der Waals surface area contributed by atoms with Gasteiger partial charge < -0.3 is 10.1 Å². The van der Waals surface area contributed by atoms with Gasteiger partial charge in [0.05, 0.1) is 12.0 Å². The van der Waals surface area contributed by atoms with Gasteiger partial charge in [-0.2, -0.15) is 0 Å². The third kappa shape index (κ3) is 2.46. The van der Waals surface area contributed by atoms with Crippen LogP contribution in [0.2, 0.25) is 0 Å². The second kappa shape index (κ2) is 5.02. The number of benzene rings is 1. The molecule has 1 aromatic rings. The van der Waals surface area contributed by atoms with Gasteiger partial charge in [-0.15, -0.1) is 0 Å². The second-order valence-corrected chi connectivity index (χ2v) is 6.14. The molecule has 0 aromatic heterocycles. The van der Waals surface area contributed by atoms with Gasteiger partial charge in [0.2, 0.25) is 5.91 Å². The lowest BCUT2D eigenvalue weighted by molar-refractivity contribution is -0.146. The predicted molar refractivity (Wildman–Crippen MR) is 79.7 cm³/mol. The van der Waals surface area contributed by atoms with Crippen LogP contribution in [0.3, 0.4) is 0 Å². The Bertz CT molecular complexity index is 605. The fourth-order valence-corrected chi connectivity index (χ4v) is 3.54. The van der Waals surface area contributed by atoms with Crippen molar-refractivity contribution < 1.29 is 14.3 Å². The van der Waals surface area contributed by atoms with Crippen LogP contribution in [0.4, 0.5) is 5.69 Å². The molecule has 1 aliphatic carbocycles. The van der Waals surface area contributed by atoms with Crippen LogP contribution in [0.25, 0.3) is 0 Å². The lowest BCUT2D eigenvalue weighted by Gasteiger charge is -2.24. The molecule has 1 aliphatic heterocycles. The lowest BCUT2D eigenvalue weighted by Crippen LogP contribution is -2.31. The summed E-state index contributed by atoms with van der Waals surface area (Å²) in [6.45, 7) is 6.05. The zero-order valence-corrected chi connectivity index (χ0v) is 12.1. The van der Waals surface area contributed by atoms with Crippen LogP contribution in [0.5, 0.6) is 0 Å². The zero-order valence-electron chi connectivity index (χ0n) is 12.1. The number of anilines is 1. The van der Waals surface area contributed by atoms with Crippen molar-refractivity contribution in [2.24, 2.45) is 11.3 Å². The maximum absolute atomic E-state index is 12.2. The minimum absolute atomic E-state index is 0.0860. The standard InChI is InChI=1S/C17H19NO3/c1-11-7-14-10-21-16(20)17(14,8-11)9-13-3-5-15(6-4-13)18-12(2)19/h3-6,14H,1,7-10H2,2H3,(H,18,19)/t14-,17-/m1/s1. The van der Waals surface area contributed by atoms with Gasteiger partial charge in [-0.3, -0.25) is 9.59 Å². The van der Waals surface area contributed by atoms with Gasteiger partial charge in [-0.05, 0) is 37.0 Å². The van der Waals surface area contributed by atoms with Gasteiger partial charge in [-0.1, -0.05) is 24.3 Å². The summed E-state index contributed by atoms with van der Waals surface area (Å²) < 4.78 is 5.28. The fourth-order valence-electron chi connectivity index (χ4n) is 3.54. The number of hydrogen-bond donors (Lipinski definition) is 1. The molecule has 1 heterocycles. The third-order valence-corrected chi connectivity index (χ3v) is 4.50. The molecule has 3 rings (SSSR count). The third-order valence-electron chi connectivity index (χ3n) is 4.50. The highest BCUT2D eigenvalue weighted by molar-refractivity contribution is 5.88. The summed E-state index contributed by atoms with van der Waals surface area (Å²) in [5, 5.41) is 2.74. The van der Waals surface area contributed by atoms with E-state index < -0.39 is 5.41 Å². The van der Waals surface area contributed by atoms with E-state index in [4.69, 9.17) is 4.74 Å². The summed E-state index contributed by atoms with van der Waals surface area (Å²) in [6, 6.07) is 7.66. The average Bonchev–Trinajstić information content (AvgIpc) is 2.88. The number of fused-ring (bicyclic) bond motifs is 1. The van der Waals surface area contributed by atoms with E-state index in [1.807, 2.05) is 24.3 Å². The van der Waals surface area contributed by atoms with Crippen LogP contribution < -0.4 is 5.32 Å². The molecule has 0 spiro atoms. The van der Waals surface area contributed by atoms with Crippen molar-refractivity contribution in [2.75, 3.05) is 11.9 Å². The first-order chi connectivity index (χ1) is 9.99. The molecule has 0 radical (unpaired) electrons. The number of ether oxygens (including phenoxy) is 1. The van der Waals surface area contributed by atoms with E-state index in [9.17, 15) is 9.59 Å². The molecule has 4 nitrogen and oxygen atoms in total. The first-order valence-corrected chi connectivity index (χ1v) is 7.20. The van der Waals surface area contributed by atoms with Crippen LogP contribution >= 0.6 is 0 Å². The van der Waals surface area contributed by atoms with Gasteiger partial charge in [-0.25, -0.2) is 0 Å². The number of carbonyl (C=O) groups excluding carboxylic acids is 2. The van der Waals surface area contributed by atoms with Crippen LogP contribution in [-0.4, -0.2) is 18.5 Å². The lowest BCUT2D eigenvalue weighted by atomic mass is 9.75. The molecule has 1 aromatic carbocycles. The molecule has 2 aliphatic rings. The van der Waals surface area contributed by atoms with Crippen LogP contribution in [0, 0.1) is 11.3 Å². The maximum Gasteiger partial charge on any atom is 0.313 e. The Morgan fingerprint density at radius 1 is 1.43 bits per heavy atom. The van der Waals surface area contributed by atoms with E-state index in [0.717, 1.165) is 29.7 Å². The summed E-state index contributed by atoms with van der Waals surface area (Å²) in [5.74, 6) is 0.0810. The van der Waals surface area contributed by atoms with Gasteiger partial charge in [0, 0.05) is 18.5 Å². The van der Waals surface area contributed by atoms with Crippen molar-refractivity contribution >= 4 is 17.6 Å². The summed E-state index contributed by atoms with van der Waals surface area (Å²) in [6.07, 6.45) is 2.29. The largest absolute Gasteiger partial charge is 0.465 e. The minimum Gasteiger partial charge on any atom is -0.465 e. The van der Waals surface area contributed by atoms with Crippen molar-refractivity contribution in [3.63, 3.8) is 0 Å². The summed E-state index contributed by atoms with van der Waals surface area (Å²) >= 11 is 0. The van der Waals surface area contributed by atoms with Crippen molar-refractivity contribution in [3.8, 4) is 0 Å². The number of nitrogens with one attached hydrogen (secondary N) is 1. The summed E-state index contributed by atoms with van der Waals surface area (Å²) in [7, 11) is 0. The quantitative estimate of drug-likeness (QED) is 0.686. The molecule has 1 saturated carbocycles. The van der Waals surface area contributed by atoms with Crippen LogP contribution in [0.15, 0.2) is 36.4 Å². The molecular weight excluding hydrogens is 266 g/mol. The molecule has 110 valence electrons. The molecule has 1 saturated heterocycles. The van der Waals surface area contributed by atoms with Gasteiger partial charge in [0.15, 0.2) is 0 Å². The van der Waals surface area contributed by atoms with E-state index in [1.54, 1.807) is 0 Å². The second-order valence-electron chi connectivity index (χ2n) is 6.14. The zero-order chi connectivity index (χ0) is 15.0. The Hall–Kier alpha value is -2.10. The Kier molecular flexibility index (Phi) is 3.32. The highest BCUT2D eigenvalue weighted by Gasteiger charge is 2.55. The summed E-state index contributed by atoms with van der Waals surface area (Å²) in [4.78, 5) is 23.2. The molecule has 21 heavy (non-hydrogen) atoms. The molecule has 0 bridgehead atoms. The minimum atomic E-state index is -0.424. The molecule has 2 fully saturated rings. The van der Waals surface area contributed by atoms with E-state index >= 15 is 0 Å². The van der Waals surface area contributed by atoms with E-state index in [1.165, 1.54) is 6.92 Å². The average molecular weight is 285 g/mol. The Morgan fingerprint density at radius 3 is 2.81 bits per heavy atom. The molecular formula is C17H19NO3. The van der Waals surface area contributed by atoms with Crippen LogP contribution in [-0.2, 0) is 20.7 Å². The Morgan fingerprint density at radius 2 is 2.14 bits per heavy atom. The van der Waals surface area contributed by atoms with Crippen molar-refractivity contribution in [1.82, 2.24) is 0 Å². The molecule has 2 atom stereocenters. The highest BCUT2D eigenvalue weighted by atomic mass is 16.5. The number of amides is 1. The van der Waals surface area contributed by atoms with E-state index in [0.29, 0.717) is 13.0 Å². The molecule has 1 amide bonds. The number of esters is 1. The normalized spacial score (nSPS) is 27.4. The molecule has 4 heteroatoms. The molecule has 0 unspecified atom stereocenters. The maximum atomic E-state index is 12.2. The SMILES string of the molecule is C=C1C[C@@H]2COC(=O)[C@@]2(Cc2ccc(NC(C)=O)cc2)C1.